The molecule has 0 heterocycles. The van der Waals surface area contributed by atoms with Crippen molar-refractivity contribution in [3.63, 3.8) is 0 Å². The lowest BCUT2D eigenvalue weighted by Crippen LogP contribution is -2.45. The third-order valence-electron chi connectivity index (χ3n) is 1.76. The molecule has 2 N–H and O–H groups in total. The van der Waals surface area contributed by atoms with E-state index in [-0.39, 0.29) is 0 Å². The second kappa shape index (κ2) is 8.60. The van der Waals surface area contributed by atoms with Crippen molar-refractivity contribution in [3.05, 3.63) is 12.7 Å². The standard InChI is InChI=1S/C6H16O3Si.C3H5NO/c1-6(2)10(7-3,8-4)9-5;1-2-3(4)5/h6H,1-5H3;2H,1H2,(H2,4,5). The molecule has 0 aromatic carbocycles. The SMILES string of the molecule is C=CC(N)=O.CO[Si](OC)(OC)C(C)C. The summed E-state index contributed by atoms with van der Waals surface area (Å²) in [6, 6.07) is 0. The molecule has 6 heteroatoms. The summed E-state index contributed by atoms with van der Waals surface area (Å²) >= 11 is 0. The quantitative estimate of drug-likeness (QED) is 0.568. The fourth-order valence-electron chi connectivity index (χ4n) is 0.957. The molecular formula is C9H21NO4Si. The summed E-state index contributed by atoms with van der Waals surface area (Å²) in [5.74, 6) is -0.481. The fourth-order valence-corrected chi connectivity index (χ4v) is 2.87. The number of rotatable bonds is 5. The van der Waals surface area contributed by atoms with Gasteiger partial charge in [0.05, 0.1) is 0 Å². The largest absolute Gasteiger partial charge is 0.502 e. The zero-order chi connectivity index (χ0) is 12.5. The van der Waals surface area contributed by atoms with Gasteiger partial charge in [-0.05, 0) is 6.08 Å². The van der Waals surface area contributed by atoms with Gasteiger partial charge in [0.1, 0.15) is 0 Å². The normalized spacial score (nSPS) is 10.5. The summed E-state index contributed by atoms with van der Waals surface area (Å²) in [5, 5.41) is 0. The molecule has 0 unspecified atom stereocenters. The van der Waals surface area contributed by atoms with Crippen molar-refractivity contribution in [2.75, 3.05) is 21.3 Å². The van der Waals surface area contributed by atoms with Gasteiger partial charge in [0.15, 0.2) is 0 Å². The van der Waals surface area contributed by atoms with Crippen LogP contribution >= 0.6 is 0 Å². The van der Waals surface area contributed by atoms with Gasteiger partial charge in [-0.1, -0.05) is 20.4 Å². The predicted molar refractivity (Wildman–Crippen MR) is 61.3 cm³/mol. The van der Waals surface area contributed by atoms with Gasteiger partial charge in [-0.3, -0.25) is 4.79 Å². The highest BCUT2D eigenvalue weighted by molar-refractivity contribution is 6.62. The molecule has 0 aliphatic heterocycles. The van der Waals surface area contributed by atoms with Crippen molar-refractivity contribution in [1.82, 2.24) is 0 Å². The number of hydrogen-bond donors (Lipinski definition) is 1. The average molecular weight is 235 g/mol. The van der Waals surface area contributed by atoms with Crippen molar-refractivity contribution in [2.24, 2.45) is 5.73 Å². The van der Waals surface area contributed by atoms with E-state index in [2.05, 4.69) is 12.3 Å². The minimum absolute atomic E-state index is 0.312. The van der Waals surface area contributed by atoms with E-state index in [1.54, 1.807) is 21.3 Å². The molecule has 0 aliphatic rings. The third-order valence-corrected chi connectivity index (χ3v) is 4.88. The monoisotopic (exact) mass is 235 g/mol. The maximum Gasteiger partial charge on any atom is 0.502 e. The van der Waals surface area contributed by atoms with Crippen molar-refractivity contribution in [3.8, 4) is 0 Å². The van der Waals surface area contributed by atoms with E-state index in [0.29, 0.717) is 5.54 Å². The molecule has 0 aliphatic carbocycles. The first-order valence-electron chi connectivity index (χ1n) is 4.47. The van der Waals surface area contributed by atoms with Crippen LogP contribution in [-0.4, -0.2) is 36.0 Å². The number of primary amides is 1. The molecule has 0 atom stereocenters. The van der Waals surface area contributed by atoms with Crippen LogP contribution in [0.1, 0.15) is 13.8 Å². The summed E-state index contributed by atoms with van der Waals surface area (Å²) in [4.78, 5) is 9.47. The lowest BCUT2D eigenvalue weighted by molar-refractivity contribution is -0.113. The number of hydrogen-bond acceptors (Lipinski definition) is 4. The molecule has 15 heavy (non-hydrogen) atoms. The molecule has 0 rings (SSSR count). The molecule has 0 saturated heterocycles. The Morgan fingerprint density at radius 3 is 1.53 bits per heavy atom. The van der Waals surface area contributed by atoms with E-state index in [1.807, 2.05) is 13.8 Å². The zero-order valence-electron chi connectivity index (χ0n) is 10.1. The van der Waals surface area contributed by atoms with E-state index in [0.717, 1.165) is 6.08 Å². The third kappa shape index (κ3) is 6.40. The van der Waals surface area contributed by atoms with Crippen LogP contribution in [-0.2, 0) is 18.1 Å². The van der Waals surface area contributed by atoms with Crippen molar-refractivity contribution in [2.45, 2.75) is 19.4 Å². The lowest BCUT2D eigenvalue weighted by Gasteiger charge is -2.27. The number of carbonyl (C=O) groups is 1. The molecule has 0 spiro atoms. The first-order chi connectivity index (χ1) is 6.90. The highest BCUT2D eigenvalue weighted by Gasteiger charge is 2.41. The van der Waals surface area contributed by atoms with Crippen LogP contribution in [0.15, 0.2) is 12.7 Å². The molecule has 0 radical (unpaired) electrons. The van der Waals surface area contributed by atoms with Gasteiger partial charge in [-0.2, -0.15) is 0 Å². The van der Waals surface area contributed by atoms with Crippen LogP contribution in [0.25, 0.3) is 0 Å². The summed E-state index contributed by atoms with van der Waals surface area (Å²) in [7, 11) is 2.58. The van der Waals surface area contributed by atoms with Crippen LogP contribution in [0.4, 0.5) is 0 Å². The Kier molecular flexibility index (Phi) is 9.59. The maximum atomic E-state index is 9.47. The van der Waals surface area contributed by atoms with Crippen LogP contribution in [0.5, 0.6) is 0 Å². The Morgan fingerprint density at radius 1 is 1.27 bits per heavy atom. The molecular weight excluding hydrogens is 214 g/mol. The topological polar surface area (TPSA) is 70.8 Å². The van der Waals surface area contributed by atoms with Crippen molar-refractivity contribution >= 4 is 14.7 Å². The highest BCUT2D eigenvalue weighted by atomic mass is 28.4. The first kappa shape index (κ1) is 16.7. The summed E-state index contributed by atoms with van der Waals surface area (Å²) in [6.07, 6.45) is 1.06. The number of nitrogens with two attached hydrogens (primary N) is 1. The molecule has 90 valence electrons. The molecule has 5 nitrogen and oxygen atoms in total. The smallest absolute Gasteiger partial charge is 0.377 e. The van der Waals surface area contributed by atoms with Gasteiger partial charge in [0.2, 0.25) is 5.91 Å². The van der Waals surface area contributed by atoms with Crippen LogP contribution < -0.4 is 5.73 Å². The molecule has 0 aromatic rings. The summed E-state index contributed by atoms with van der Waals surface area (Å²) in [6.45, 7) is 7.15. The minimum Gasteiger partial charge on any atom is -0.377 e. The lowest BCUT2D eigenvalue weighted by atomic mass is 10.6. The molecule has 0 aromatic heterocycles. The Bertz CT molecular complexity index is 184. The molecule has 1 amide bonds. The van der Waals surface area contributed by atoms with Crippen LogP contribution in [0.3, 0.4) is 0 Å². The summed E-state index contributed by atoms with van der Waals surface area (Å²) in [5.41, 5.74) is 4.85. The van der Waals surface area contributed by atoms with Gasteiger partial charge in [0, 0.05) is 26.9 Å². The Balaban J connectivity index is 0. The minimum atomic E-state index is -2.29. The number of amides is 1. The van der Waals surface area contributed by atoms with Gasteiger partial charge in [-0.15, -0.1) is 0 Å². The second-order valence-electron chi connectivity index (χ2n) is 2.98. The van der Waals surface area contributed by atoms with Crippen LogP contribution in [0.2, 0.25) is 5.54 Å². The highest BCUT2D eigenvalue weighted by Crippen LogP contribution is 2.21. The fraction of sp³-hybridized carbons (Fsp3) is 0.667. The molecule has 0 fully saturated rings. The van der Waals surface area contributed by atoms with Gasteiger partial charge in [0.25, 0.3) is 0 Å². The zero-order valence-corrected chi connectivity index (χ0v) is 11.1. The van der Waals surface area contributed by atoms with Crippen LogP contribution in [0, 0.1) is 0 Å². The summed E-state index contributed by atoms with van der Waals surface area (Å²) < 4.78 is 15.6. The van der Waals surface area contributed by atoms with E-state index >= 15 is 0 Å². The van der Waals surface area contributed by atoms with Crippen molar-refractivity contribution in [1.29, 1.82) is 0 Å². The maximum absolute atomic E-state index is 9.47. The molecule has 0 bridgehead atoms. The molecule has 0 saturated carbocycles. The Morgan fingerprint density at radius 2 is 1.53 bits per heavy atom. The van der Waals surface area contributed by atoms with E-state index in [1.165, 1.54) is 0 Å². The van der Waals surface area contributed by atoms with Gasteiger partial charge < -0.3 is 19.0 Å². The van der Waals surface area contributed by atoms with Crippen molar-refractivity contribution < 1.29 is 18.1 Å². The Hall–Kier alpha value is -0.693. The van der Waals surface area contributed by atoms with E-state index in [9.17, 15) is 4.79 Å². The second-order valence-corrected chi connectivity index (χ2v) is 6.56. The van der Waals surface area contributed by atoms with Gasteiger partial charge >= 0.3 is 8.80 Å². The first-order valence-corrected chi connectivity index (χ1v) is 6.27. The predicted octanol–water partition coefficient (Wildman–Crippen LogP) is 0.932. The van der Waals surface area contributed by atoms with E-state index < -0.39 is 14.7 Å². The van der Waals surface area contributed by atoms with Gasteiger partial charge in [-0.25, -0.2) is 0 Å². The Labute approximate surface area is 92.6 Å². The number of carbonyl (C=O) groups excluding carboxylic acids is 1. The van der Waals surface area contributed by atoms with E-state index in [4.69, 9.17) is 13.3 Å². The average Bonchev–Trinajstić information content (AvgIpc) is 2.21.